The van der Waals surface area contributed by atoms with Gasteiger partial charge in [-0.2, -0.15) is 0 Å². The highest BCUT2D eigenvalue weighted by Crippen LogP contribution is 2.43. The predicted octanol–water partition coefficient (Wildman–Crippen LogP) is 10.2. The molecular weight excluding hydrogens is 460 g/mol. The van der Waals surface area contributed by atoms with Crippen LogP contribution in [0.1, 0.15) is 108 Å². The van der Waals surface area contributed by atoms with Crippen molar-refractivity contribution >= 4 is 32.9 Å². The van der Waals surface area contributed by atoms with Crippen LogP contribution in [-0.2, 0) is 0 Å². The van der Waals surface area contributed by atoms with E-state index in [1.165, 1.54) is 55.2 Å². The van der Waals surface area contributed by atoms with Crippen LogP contribution >= 0.6 is 0 Å². The van der Waals surface area contributed by atoms with Crippen molar-refractivity contribution in [3.8, 4) is 0 Å². The SMILES string of the molecule is CC(C)c1ccc2ccc(C(C)C)c(N3CCN(c4c(C(C)C)ccc5ccc(C(C)C)cc45)C3C)c2c1. The van der Waals surface area contributed by atoms with Crippen LogP contribution in [0.5, 0.6) is 0 Å². The molecule has 0 aromatic heterocycles. The summed E-state index contributed by atoms with van der Waals surface area (Å²) in [6.07, 6.45) is 0.270. The van der Waals surface area contributed by atoms with Crippen LogP contribution in [0.4, 0.5) is 11.4 Å². The van der Waals surface area contributed by atoms with E-state index in [-0.39, 0.29) is 6.17 Å². The van der Waals surface area contributed by atoms with E-state index in [0.29, 0.717) is 23.7 Å². The maximum atomic E-state index is 2.69. The van der Waals surface area contributed by atoms with E-state index in [2.05, 4.69) is 133 Å². The summed E-state index contributed by atoms with van der Waals surface area (Å²) in [5.74, 6) is 1.97. The molecule has 4 aromatic carbocycles. The zero-order valence-electron chi connectivity index (χ0n) is 25.0. The number of fused-ring (bicyclic) bond motifs is 2. The topological polar surface area (TPSA) is 6.48 Å². The summed E-state index contributed by atoms with van der Waals surface area (Å²) in [6, 6.07) is 23.6. The van der Waals surface area contributed by atoms with Gasteiger partial charge < -0.3 is 9.80 Å². The summed E-state index contributed by atoms with van der Waals surface area (Å²) in [4.78, 5) is 5.38. The van der Waals surface area contributed by atoms with Crippen molar-refractivity contribution in [3.63, 3.8) is 0 Å². The molecule has 2 heteroatoms. The minimum absolute atomic E-state index is 0.270. The van der Waals surface area contributed by atoms with Crippen molar-refractivity contribution in [2.24, 2.45) is 0 Å². The van der Waals surface area contributed by atoms with Gasteiger partial charge in [0.1, 0.15) is 0 Å². The quantitative estimate of drug-likeness (QED) is 0.257. The highest BCUT2D eigenvalue weighted by molar-refractivity contribution is 5.99. The summed E-state index contributed by atoms with van der Waals surface area (Å²) in [5.41, 5.74) is 8.61. The van der Waals surface area contributed by atoms with Gasteiger partial charge in [-0.05, 0) is 75.8 Å². The monoisotopic (exact) mass is 506 g/mol. The fourth-order valence-electron chi connectivity index (χ4n) is 6.32. The lowest BCUT2D eigenvalue weighted by atomic mass is 9.92. The molecule has 1 heterocycles. The molecule has 1 saturated heterocycles. The lowest BCUT2D eigenvalue weighted by molar-refractivity contribution is 0.720. The first-order chi connectivity index (χ1) is 18.1. The third-order valence-corrected chi connectivity index (χ3v) is 8.73. The molecule has 1 fully saturated rings. The molecule has 0 amide bonds. The van der Waals surface area contributed by atoms with E-state index in [9.17, 15) is 0 Å². The van der Waals surface area contributed by atoms with E-state index < -0.39 is 0 Å². The van der Waals surface area contributed by atoms with Crippen LogP contribution in [0.3, 0.4) is 0 Å². The maximum Gasteiger partial charge on any atom is 0.0988 e. The molecule has 2 nitrogen and oxygen atoms in total. The van der Waals surface area contributed by atoms with Gasteiger partial charge in [-0.1, -0.05) is 104 Å². The Labute approximate surface area is 230 Å². The fourth-order valence-corrected chi connectivity index (χ4v) is 6.32. The number of benzene rings is 4. The Kier molecular flexibility index (Phi) is 7.20. The Morgan fingerprint density at radius 1 is 0.526 bits per heavy atom. The van der Waals surface area contributed by atoms with Gasteiger partial charge >= 0.3 is 0 Å². The number of hydrogen-bond donors (Lipinski definition) is 0. The predicted molar refractivity (Wildman–Crippen MR) is 168 cm³/mol. The molecule has 0 unspecified atom stereocenters. The number of nitrogens with zero attached hydrogens (tertiary/aromatic N) is 2. The van der Waals surface area contributed by atoms with Gasteiger partial charge in [0.05, 0.1) is 6.17 Å². The number of anilines is 2. The standard InChI is InChI=1S/C36H46N2/c1-22(2)29-12-10-27-14-16-31(24(5)6)35(33(27)20-29)37-18-19-38(26(37)9)36-32(25(7)8)17-15-28-11-13-30(23(3)4)21-34(28)36/h10-17,20-26H,18-19H2,1-9H3. The van der Waals surface area contributed by atoms with Gasteiger partial charge in [0.25, 0.3) is 0 Å². The van der Waals surface area contributed by atoms with Gasteiger partial charge in [0.15, 0.2) is 0 Å². The average molecular weight is 507 g/mol. The Balaban J connectivity index is 1.69. The first kappa shape index (κ1) is 26.6. The Bertz CT molecular complexity index is 1340. The molecule has 0 aliphatic carbocycles. The number of hydrogen-bond acceptors (Lipinski definition) is 2. The molecule has 0 atom stereocenters. The number of rotatable bonds is 6. The first-order valence-electron chi connectivity index (χ1n) is 14.7. The summed E-state index contributed by atoms with van der Waals surface area (Å²) in [7, 11) is 0. The molecule has 0 bridgehead atoms. The lowest BCUT2D eigenvalue weighted by Crippen LogP contribution is -2.37. The van der Waals surface area contributed by atoms with Gasteiger partial charge in [0.2, 0.25) is 0 Å². The van der Waals surface area contributed by atoms with Crippen LogP contribution in [-0.4, -0.2) is 19.3 Å². The zero-order valence-corrected chi connectivity index (χ0v) is 25.0. The summed E-state index contributed by atoms with van der Waals surface area (Å²) in [5, 5.41) is 5.49. The van der Waals surface area contributed by atoms with E-state index >= 15 is 0 Å². The Morgan fingerprint density at radius 3 is 1.24 bits per heavy atom. The highest BCUT2D eigenvalue weighted by Gasteiger charge is 2.34. The molecule has 5 rings (SSSR count). The largest absolute Gasteiger partial charge is 0.349 e. The van der Waals surface area contributed by atoms with Crippen LogP contribution in [0.25, 0.3) is 21.5 Å². The average Bonchev–Trinajstić information content (AvgIpc) is 3.26. The molecule has 1 aliphatic rings. The molecule has 0 radical (unpaired) electrons. The van der Waals surface area contributed by atoms with Gasteiger partial charge in [-0.3, -0.25) is 0 Å². The van der Waals surface area contributed by atoms with Crippen LogP contribution in [0, 0.1) is 0 Å². The van der Waals surface area contributed by atoms with Crippen molar-refractivity contribution in [2.45, 2.75) is 92.2 Å². The molecular formula is C36H46N2. The van der Waals surface area contributed by atoms with Crippen molar-refractivity contribution in [1.29, 1.82) is 0 Å². The second-order valence-corrected chi connectivity index (χ2v) is 12.6. The van der Waals surface area contributed by atoms with Gasteiger partial charge in [0, 0.05) is 35.2 Å². The van der Waals surface area contributed by atoms with Gasteiger partial charge in [-0.25, -0.2) is 0 Å². The second-order valence-electron chi connectivity index (χ2n) is 12.6. The molecule has 4 aromatic rings. The second kappa shape index (κ2) is 10.3. The Hall–Kier alpha value is -3.00. The van der Waals surface area contributed by atoms with E-state index in [0.717, 1.165) is 13.1 Å². The smallest absolute Gasteiger partial charge is 0.0988 e. The van der Waals surface area contributed by atoms with Crippen LogP contribution in [0.15, 0.2) is 60.7 Å². The van der Waals surface area contributed by atoms with Crippen molar-refractivity contribution in [1.82, 2.24) is 0 Å². The van der Waals surface area contributed by atoms with Crippen molar-refractivity contribution in [3.05, 3.63) is 82.9 Å². The Morgan fingerprint density at radius 2 is 0.895 bits per heavy atom. The summed E-state index contributed by atoms with van der Waals surface area (Å²) in [6.45, 7) is 23.0. The van der Waals surface area contributed by atoms with Crippen molar-refractivity contribution < 1.29 is 0 Å². The normalized spacial score (nSPS) is 15.0. The van der Waals surface area contributed by atoms with Crippen molar-refractivity contribution in [2.75, 3.05) is 22.9 Å². The minimum Gasteiger partial charge on any atom is -0.349 e. The zero-order chi connectivity index (χ0) is 27.3. The third kappa shape index (κ3) is 4.57. The fraction of sp³-hybridized carbons (Fsp3) is 0.444. The van der Waals surface area contributed by atoms with Gasteiger partial charge in [-0.15, -0.1) is 0 Å². The summed E-state index contributed by atoms with van der Waals surface area (Å²) < 4.78 is 0. The third-order valence-electron chi connectivity index (χ3n) is 8.73. The lowest BCUT2D eigenvalue weighted by Gasteiger charge is -2.35. The molecule has 200 valence electrons. The van der Waals surface area contributed by atoms with Crippen LogP contribution in [0.2, 0.25) is 0 Å². The van der Waals surface area contributed by atoms with Crippen LogP contribution < -0.4 is 9.80 Å². The highest BCUT2D eigenvalue weighted by atomic mass is 15.4. The molecule has 38 heavy (non-hydrogen) atoms. The van der Waals surface area contributed by atoms with E-state index in [1.54, 1.807) is 0 Å². The molecule has 0 spiro atoms. The minimum atomic E-state index is 0.270. The molecule has 0 N–H and O–H groups in total. The van der Waals surface area contributed by atoms with E-state index in [1.807, 2.05) is 0 Å². The molecule has 0 saturated carbocycles. The molecule has 1 aliphatic heterocycles. The first-order valence-corrected chi connectivity index (χ1v) is 14.7. The maximum absolute atomic E-state index is 2.69. The summed E-state index contributed by atoms with van der Waals surface area (Å²) >= 11 is 0. The van der Waals surface area contributed by atoms with E-state index in [4.69, 9.17) is 0 Å².